The second-order valence-corrected chi connectivity index (χ2v) is 9.45. The van der Waals surface area contributed by atoms with Gasteiger partial charge < -0.3 is 14.7 Å². The first-order valence-electron chi connectivity index (χ1n) is 9.83. The molecule has 1 amide bonds. The fraction of sp³-hybridized carbons (Fsp3) is 0.318. The van der Waals surface area contributed by atoms with Crippen molar-refractivity contribution >= 4 is 46.4 Å². The second kappa shape index (κ2) is 8.20. The van der Waals surface area contributed by atoms with Gasteiger partial charge in [0.1, 0.15) is 17.4 Å². The first-order valence-corrected chi connectivity index (χ1v) is 11.2. The van der Waals surface area contributed by atoms with Crippen LogP contribution < -0.4 is 14.5 Å². The van der Waals surface area contributed by atoms with Crippen LogP contribution in [0.3, 0.4) is 0 Å². The van der Waals surface area contributed by atoms with E-state index in [1.807, 2.05) is 0 Å². The molecule has 11 heteroatoms. The summed E-state index contributed by atoms with van der Waals surface area (Å²) in [6, 6.07) is 9.85. The lowest BCUT2D eigenvalue weighted by Crippen LogP contribution is -2.44. The van der Waals surface area contributed by atoms with E-state index in [4.69, 9.17) is 22.2 Å². The van der Waals surface area contributed by atoms with E-state index in [1.54, 1.807) is 36.9 Å². The Bertz CT molecular complexity index is 1190. The van der Waals surface area contributed by atoms with Crippen LogP contribution in [0.1, 0.15) is 25.0 Å². The molecule has 0 aromatic heterocycles. The number of anilines is 2. The van der Waals surface area contributed by atoms with E-state index in [9.17, 15) is 23.1 Å². The third-order valence-electron chi connectivity index (χ3n) is 5.46. The van der Waals surface area contributed by atoms with Crippen molar-refractivity contribution in [1.29, 1.82) is 5.26 Å². The first kappa shape index (κ1) is 23.4. The van der Waals surface area contributed by atoms with Crippen molar-refractivity contribution in [3.63, 3.8) is 0 Å². The van der Waals surface area contributed by atoms with Crippen molar-refractivity contribution in [1.82, 2.24) is 0 Å². The van der Waals surface area contributed by atoms with Gasteiger partial charge in [-0.2, -0.15) is 18.4 Å². The maximum Gasteiger partial charge on any atom is 0.417 e. The van der Waals surface area contributed by atoms with Crippen molar-refractivity contribution in [2.45, 2.75) is 36.6 Å². The summed E-state index contributed by atoms with van der Waals surface area (Å²) in [7, 11) is 0. The highest BCUT2D eigenvalue weighted by molar-refractivity contribution is 7.99. The lowest BCUT2D eigenvalue weighted by molar-refractivity contribution is -0.137. The first-order chi connectivity index (χ1) is 15.5. The topological polar surface area (TPSA) is 76.8 Å². The van der Waals surface area contributed by atoms with E-state index in [2.05, 4.69) is 0 Å². The zero-order valence-corrected chi connectivity index (χ0v) is 19.1. The maximum atomic E-state index is 13.5. The number of nitriles is 1. The average Bonchev–Trinajstić information content (AvgIpc) is 2.95. The Morgan fingerprint density at radius 3 is 2.61 bits per heavy atom. The lowest BCUT2D eigenvalue weighted by Gasteiger charge is -2.31. The van der Waals surface area contributed by atoms with Crippen LogP contribution in [0.4, 0.5) is 24.5 Å². The number of ether oxygens (including phenoxy) is 1. The lowest BCUT2D eigenvalue weighted by atomic mass is 10.0. The SMILES string of the molecule is CC1(C)C(=O)N(c2ccc(C#N)c(C(F)(F)F)c2)C(=S)N1c1ccc2c(c1)SC[C@H](CO)O2. The molecule has 1 atom stereocenters. The summed E-state index contributed by atoms with van der Waals surface area (Å²) in [4.78, 5) is 16.8. The average molecular weight is 494 g/mol. The van der Waals surface area contributed by atoms with Gasteiger partial charge in [0.2, 0.25) is 0 Å². The van der Waals surface area contributed by atoms with Crippen molar-refractivity contribution in [3.05, 3.63) is 47.5 Å². The van der Waals surface area contributed by atoms with Gasteiger partial charge in [-0.15, -0.1) is 11.8 Å². The van der Waals surface area contributed by atoms with E-state index >= 15 is 0 Å². The second-order valence-electron chi connectivity index (χ2n) is 8.02. The minimum absolute atomic E-state index is 0.0257. The van der Waals surface area contributed by atoms with Crippen molar-refractivity contribution in [2.24, 2.45) is 0 Å². The fourth-order valence-corrected chi connectivity index (χ4v) is 5.32. The van der Waals surface area contributed by atoms with E-state index in [-0.39, 0.29) is 23.5 Å². The molecule has 2 aliphatic heterocycles. The van der Waals surface area contributed by atoms with Gasteiger partial charge in [0, 0.05) is 11.4 Å². The molecule has 1 fully saturated rings. The van der Waals surface area contributed by atoms with Crippen molar-refractivity contribution in [3.8, 4) is 11.8 Å². The number of aliphatic hydroxyl groups is 1. The molecule has 33 heavy (non-hydrogen) atoms. The van der Waals surface area contributed by atoms with Gasteiger partial charge in [0.15, 0.2) is 5.11 Å². The third-order valence-corrected chi connectivity index (χ3v) is 7.00. The molecule has 2 aromatic carbocycles. The molecule has 1 saturated heterocycles. The van der Waals surface area contributed by atoms with Gasteiger partial charge >= 0.3 is 6.18 Å². The van der Waals surface area contributed by atoms with Gasteiger partial charge in [0.25, 0.3) is 5.91 Å². The molecule has 0 saturated carbocycles. The van der Waals surface area contributed by atoms with Crippen LogP contribution in [-0.4, -0.2) is 40.1 Å². The zero-order valence-electron chi connectivity index (χ0n) is 17.5. The Hall–Kier alpha value is -2.81. The Morgan fingerprint density at radius 1 is 1.27 bits per heavy atom. The summed E-state index contributed by atoms with van der Waals surface area (Å²) in [5, 5.41) is 18.4. The highest BCUT2D eigenvalue weighted by Crippen LogP contribution is 2.43. The summed E-state index contributed by atoms with van der Waals surface area (Å²) < 4.78 is 46.2. The molecule has 6 nitrogen and oxygen atoms in total. The van der Waals surface area contributed by atoms with Gasteiger partial charge in [-0.05, 0) is 62.5 Å². The number of halogens is 3. The summed E-state index contributed by atoms with van der Waals surface area (Å²) in [5.41, 5.74) is -2.31. The number of fused-ring (bicyclic) bond motifs is 1. The number of rotatable bonds is 3. The van der Waals surface area contributed by atoms with Gasteiger partial charge in [0.05, 0.1) is 34.4 Å². The molecule has 0 unspecified atom stereocenters. The number of hydrogen-bond donors (Lipinski definition) is 1. The van der Waals surface area contributed by atoms with Crippen LogP contribution >= 0.6 is 24.0 Å². The number of benzene rings is 2. The number of carbonyl (C=O) groups excluding carboxylic acids is 1. The van der Waals surface area contributed by atoms with Crippen LogP contribution in [0, 0.1) is 11.3 Å². The number of thioether (sulfide) groups is 1. The molecule has 2 aliphatic rings. The Kier molecular flexibility index (Phi) is 5.80. The monoisotopic (exact) mass is 493 g/mol. The van der Waals surface area contributed by atoms with E-state index in [1.165, 1.54) is 23.9 Å². The summed E-state index contributed by atoms with van der Waals surface area (Å²) in [5.74, 6) is 0.659. The predicted molar refractivity (Wildman–Crippen MR) is 121 cm³/mol. The number of carbonyl (C=O) groups is 1. The van der Waals surface area contributed by atoms with Gasteiger partial charge in [-0.1, -0.05) is 0 Å². The molecule has 0 spiro atoms. The van der Waals surface area contributed by atoms with Gasteiger partial charge in [-0.3, -0.25) is 9.69 Å². The molecule has 172 valence electrons. The maximum absolute atomic E-state index is 13.5. The molecule has 2 heterocycles. The summed E-state index contributed by atoms with van der Waals surface area (Å²) in [6.45, 7) is 3.17. The molecular weight excluding hydrogens is 475 g/mol. The fourth-order valence-electron chi connectivity index (χ4n) is 3.79. The third kappa shape index (κ3) is 3.92. The quantitative estimate of drug-likeness (QED) is 0.638. The molecule has 2 aromatic rings. The minimum atomic E-state index is -4.76. The van der Waals surface area contributed by atoms with Crippen LogP contribution in [-0.2, 0) is 11.0 Å². The number of hydrogen-bond acceptors (Lipinski definition) is 6. The molecule has 0 bridgehead atoms. The van der Waals surface area contributed by atoms with Crippen molar-refractivity contribution < 1.29 is 27.8 Å². The smallest absolute Gasteiger partial charge is 0.417 e. The zero-order chi connectivity index (χ0) is 24.1. The van der Waals surface area contributed by atoms with Crippen molar-refractivity contribution in [2.75, 3.05) is 22.2 Å². The predicted octanol–water partition coefficient (Wildman–Crippen LogP) is 4.34. The van der Waals surface area contributed by atoms with E-state index in [0.717, 1.165) is 21.9 Å². The molecule has 0 aliphatic carbocycles. The Morgan fingerprint density at radius 2 is 1.97 bits per heavy atom. The highest BCUT2D eigenvalue weighted by Gasteiger charge is 2.51. The molecule has 4 rings (SSSR count). The molecule has 0 radical (unpaired) electrons. The van der Waals surface area contributed by atoms with E-state index in [0.29, 0.717) is 17.2 Å². The number of amides is 1. The largest absolute Gasteiger partial charge is 0.486 e. The minimum Gasteiger partial charge on any atom is -0.486 e. The molecule has 1 N–H and O–H groups in total. The summed E-state index contributed by atoms with van der Waals surface area (Å²) >= 11 is 7.05. The van der Waals surface area contributed by atoms with Crippen LogP contribution in [0.15, 0.2) is 41.3 Å². The number of aliphatic hydroxyl groups excluding tert-OH is 1. The Labute approximate surface area is 197 Å². The van der Waals surface area contributed by atoms with Crippen LogP contribution in [0.2, 0.25) is 0 Å². The van der Waals surface area contributed by atoms with Crippen LogP contribution in [0.25, 0.3) is 0 Å². The molecular formula is C22H18F3N3O3S2. The van der Waals surface area contributed by atoms with E-state index < -0.39 is 28.7 Å². The number of nitrogens with zero attached hydrogens (tertiary/aromatic N) is 3. The summed E-state index contributed by atoms with van der Waals surface area (Å²) in [6.07, 6.45) is -5.07. The Balaban J connectivity index is 1.74. The number of thiocarbonyl (C=S) groups is 1. The normalized spacial score (nSPS) is 19.8. The van der Waals surface area contributed by atoms with Crippen LogP contribution in [0.5, 0.6) is 5.75 Å². The standard InChI is InChI=1S/C22H18F3N3O3S2/c1-21(2)19(30)27(13-4-3-12(9-26)16(7-13)22(23,24)25)20(32)28(21)14-5-6-17-18(8-14)33-11-15(10-29)31-17/h3-8,15,29H,10-11H2,1-2H3/t15-/m0/s1. The number of alkyl halides is 3. The van der Waals surface area contributed by atoms with Gasteiger partial charge in [-0.25, -0.2) is 0 Å². The highest BCUT2D eigenvalue weighted by atomic mass is 32.2.